The summed E-state index contributed by atoms with van der Waals surface area (Å²) < 4.78 is 0. The minimum atomic E-state index is -0.324. The van der Waals surface area contributed by atoms with E-state index in [4.69, 9.17) is 0 Å². The van der Waals surface area contributed by atoms with Gasteiger partial charge in [0.1, 0.15) is 0 Å². The van der Waals surface area contributed by atoms with Gasteiger partial charge in [-0.05, 0) is 25.5 Å². The maximum atomic E-state index is 12.3. The fourth-order valence-electron chi connectivity index (χ4n) is 2.30. The fourth-order valence-corrected chi connectivity index (χ4v) is 2.30. The van der Waals surface area contributed by atoms with Crippen LogP contribution in [0.5, 0.6) is 0 Å². The minimum absolute atomic E-state index is 0.293. The molecule has 1 heterocycles. The van der Waals surface area contributed by atoms with Gasteiger partial charge in [-0.15, -0.1) is 0 Å². The van der Waals surface area contributed by atoms with E-state index >= 15 is 0 Å². The van der Waals surface area contributed by atoms with E-state index in [0.717, 1.165) is 24.8 Å². The summed E-state index contributed by atoms with van der Waals surface area (Å²) in [5.41, 5.74) is 1.97. The molecule has 0 bridgehead atoms. The Morgan fingerprint density at radius 1 is 1.05 bits per heavy atom. The second-order valence-corrected chi connectivity index (χ2v) is 5.48. The maximum Gasteiger partial charge on any atom is 0.274 e. The zero-order chi connectivity index (χ0) is 15.9. The summed E-state index contributed by atoms with van der Waals surface area (Å²) in [5, 5.41) is 0. The molecule has 1 aromatic rings. The highest BCUT2D eigenvalue weighted by molar-refractivity contribution is 6.32. The molecule has 1 aromatic carbocycles. The molecule has 0 radical (unpaired) electrons. The maximum absolute atomic E-state index is 12.3. The quantitative estimate of drug-likeness (QED) is 0.471. The van der Waals surface area contributed by atoms with Gasteiger partial charge >= 0.3 is 0 Å². The summed E-state index contributed by atoms with van der Waals surface area (Å²) in [6.45, 7) is 4.13. The van der Waals surface area contributed by atoms with Crippen molar-refractivity contribution in [3.05, 3.63) is 41.5 Å². The summed E-state index contributed by atoms with van der Waals surface area (Å²) in [7, 11) is 0. The first-order valence-corrected chi connectivity index (χ1v) is 7.79. The van der Waals surface area contributed by atoms with Gasteiger partial charge in [-0.25, -0.2) is 4.90 Å². The summed E-state index contributed by atoms with van der Waals surface area (Å²) in [5.74, 6) is 5.21. The molecule has 0 spiro atoms. The van der Waals surface area contributed by atoms with E-state index in [0.29, 0.717) is 11.3 Å². The number of unbranched alkanes of at least 4 members (excludes halogenated alkanes) is 4. The average Bonchev–Trinajstić information content (AvgIpc) is 2.78. The molecule has 2 amide bonds. The molecule has 3 heteroatoms. The summed E-state index contributed by atoms with van der Waals surface area (Å²) in [6.07, 6.45) is 6.70. The summed E-state index contributed by atoms with van der Waals surface area (Å²) in [6, 6.07) is 7.32. The zero-order valence-electron chi connectivity index (χ0n) is 13.2. The number of rotatable bonds is 5. The normalized spacial score (nSPS) is 13.9. The number of nitrogens with zero attached hydrogens (tertiary/aromatic N) is 1. The van der Waals surface area contributed by atoms with Gasteiger partial charge in [0.05, 0.1) is 11.3 Å². The molecule has 0 saturated carbocycles. The molecule has 22 heavy (non-hydrogen) atoms. The third kappa shape index (κ3) is 3.85. The highest BCUT2D eigenvalue weighted by atomic mass is 16.2. The molecule has 3 nitrogen and oxygen atoms in total. The molecule has 114 valence electrons. The van der Waals surface area contributed by atoms with Gasteiger partial charge in [-0.3, -0.25) is 9.59 Å². The number of benzene rings is 1. The molecule has 0 fully saturated rings. The van der Waals surface area contributed by atoms with Gasteiger partial charge in [0.25, 0.3) is 11.8 Å². The monoisotopic (exact) mass is 295 g/mol. The van der Waals surface area contributed by atoms with E-state index in [1.165, 1.54) is 23.8 Å². The van der Waals surface area contributed by atoms with Crippen molar-refractivity contribution in [2.75, 3.05) is 4.90 Å². The lowest BCUT2D eigenvalue weighted by molar-refractivity contribution is -0.120. The number of imide groups is 1. The lowest BCUT2D eigenvalue weighted by atomic mass is 10.1. The fraction of sp³-hybridized carbons (Fsp3) is 0.368. The Labute approximate surface area is 132 Å². The number of amides is 2. The molecule has 1 aliphatic rings. The second-order valence-electron chi connectivity index (χ2n) is 5.48. The topological polar surface area (TPSA) is 37.4 Å². The van der Waals surface area contributed by atoms with Gasteiger partial charge in [-0.1, -0.05) is 55.7 Å². The predicted octanol–water partition coefficient (Wildman–Crippen LogP) is 3.77. The highest BCUT2D eigenvalue weighted by Crippen LogP contribution is 2.22. The van der Waals surface area contributed by atoms with E-state index < -0.39 is 0 Å². The van der Waals surface area contributed by atoms with E-state index in [9.17, 15) is 9.59 Å². The molecule has 2 rings (SSSR count). The number of carbonyl (C=O) groups excluding carboxylic acids is 2. The van der Waals surface area contributed by atoms with Crippen molar-refractivity contribution in [1.82, 2.24) is 0 Å². The van der Waals surface area contributed by atoms with Crippen LogP contribution in [0, 0.1) is 18.8 Å². The molecule has 0 unspecified atom stereocenters. The van der Waals surface area contributed by atoms with Crippen molar-refractivity contribution in [3.63, 3.8) is 0 Å². The van der Waals surface area contributed by atoms with E-state index in [-0.39, 0.29) is 11.8 Å². The van der Waals surface area contributed by atoms with Crippen LogP contribution in [0.1, 0.15) is 44.6 Å². The van der Waals surface area contributed by atoms with Crippen molar-refractivity contribution in [2.24, 2.45) is 0 Å². The SMILES string of the molecule is CCCCCCC#CC1=CC(=O)N(c2ccc(C)cc2)C1=O. The van der Waals surface area contributed by atoms with E-state index in [1.54, 1.807) is 12.1 Å². The lowest BCUT2D eigenvalue weighted by Crippen LogP contribution is -2.30. The third-order valence-electron chi connectivity index (χ3n) is 3.59. The van der Waals surface area contributed by atoms with Crippen molar-refractivity contribution >= 4 is 17.5 Å². The Morgan fingerprint density at radius 3 is 2.45 bits per heavy atom. The summed E-state index contributed by atoms with van der Waals surface area (Å²) >= 11 is 0. The first kappa shape index (κ1) is 16.0. The number of hydrogen-bond acceptors (Lipinski definition) is 2. The van der Waals surface area contributed by atoms with Gasteiger partial charge in [0.2, 0.25) is 0 Å². The van der Waals surface area contributed by atoms with Crippen LogP contribution >= 0.6 is 0 Å². The minimum Gasteiger partial charge on any atom is -0.269 e. The number of hydrogen-bond donors (Lipinski definition) is 0. The van der Waals surface area contributed by atoms with Crippen LogP contribution < -0.4 is 4.90 Å². The van der Waals surface area contributed by atoms with E-state index in [2.05, 4.69) is 18.8 Å². The Morgan fingerprint density at radius 2 is 1.77 bits per heavy atom. The van der Waals surface area contributed by atoms with Crippen molar-refractivity contribution in [1.29, 1.82) is 0 Å². The van der Waals surface area contributed by atoms with E-state index in [1.807, 2.05) is 19.1 Å². The number of aryl methyl sites for hydroxylation is 1. The molecule has 0 aliphatic carbocycles. The van der Waals surface area contributed by atoms with Crippen LogP contribution in [0.15, 0.2) is 35.9 Å². The largest absolute Gasteiger partial charge is 0.274 e. The van der Waals surface area contributed by atoms with Crippen LogP contribution in [0.25, 0.3) is 0 Å². The lowest BCUT2D eigenvalue weighted by Gasteiger charge is -2.14. The Balaban J connectivity index is 2.00. The van der Waals surface area contributed by atoms with Gasteiger partial charge < -0.3 is 0 Å². The molecule has 0 saturated heterocycles. The molecular weight excluding hydrogens is 274 g/mol. The Kier molecular flexibility index (Phi) is 5.55. The van der Waals surface area contributed by atoms with Crippen molar-refractivity contribution < 1.29 is 9.59 Å². The Hall–Kier alpha value is -2.34. The molecule has 0 aromatic heterocycles. The van der Waals surface area contributed by atoms with Gasteiger partial charge in [0.15, 0.2) is 0 Å². The molecule has 0 atom stereocenters. The van der Waals surface area contributed by atoms with Crippen molar-refractivity contribution in [2.45, 2.75) is 46.0 Å². The number of carbonyl (C=O) groups is 2. The van der Waals surface area contributed by atoms with Gasteiger partial charge in [0, 0.05) is 12.5 Å². The van der Waals surface area contributed by atoms with Crippen LogP contribution in [-0.2, 0) is 9.59 Å². The van der Waals surface area contributed by atoms with Crippen LogP contribution in [-0.4, -0.2) is 11.8 Å². The average molecular weight is 295 g/mol. The smallest absolute Gasteiger partial charge is 0.269 e. The van der Waals surface area contributed by atoms with Crippen LogP contribution in [0.3, 0.4) is 0 Å². The number of anilines is 1. The van der Waals surface area contributed by atoms with Crippen LogP contribution in [0.2, 0.25) is 0 Å². The Bertz CT molecular complexity index is 644. The molecule has 1 aliphatic heterocycles. The first-order valence-electron chi connectivity index (χ1n) is 7.79. The van der Waals surface area contributed by atoms with Crippen molar-refractivity contribution in [3.8, 4) is 11.8 Å². The van der Waals surface area contributed by atoms with Gasteiger partial charge in [-0.2, -0.15) is 0 Å². The van der Waals surface area contributed by atoms with Crippen LogP contribution in [0.4, 0.5) is 5.69 Å². The third-order valence-corrected chi connectivity index (χ3v) is 3.59. The zero-order valence-corrected chi connectivity index (χ0v) is 13.2. The standard InChI is InChI=1S/C19H21NO2/c1-3-4-5-6-7-8-9-16-14-18(21)20(19(16)22)17-12-10-15(2)11-13-17/h10-14H,3-7H2,1-2H3. The molecule has 0 N–H and O–H groups in total. The predicted molar refractivity (Wildman–Crippen MR) is 88.3 cm³/mol. The second kappa shape index (κ2) is 7.61. The highest BCUT2D eigenvalue weighted by Gasteiger charge is 2.31. The molecular formula is C19H21NO2. The summed E-state index contributed by atoms with van der Waals surface area (Å²) in [4.78, 5) is 25.5. The first-order chi connectivity index (χ1) is 10.6.